The molecule has 15 heteroatoms. The van der Waals surface area contributed by atoms with Gasteiger partial charge in [-0.05, 0) is 37.6 Å². The fourth-order valence-electron chi connectivity index (χ4n) is 3.39. The van der Waals surface area contributed by atoms with E-state index in [-0.39, 0.29) is 11.7 Å². The summed E-state index contributed by atoms with van der Waals surface area (Å²) < 4.78 is 53.7. The summed E-state index contributed by atoms with van der Waals surface area (Å²) in [6, 6.07) is 7.74. The van der Waals surface area contributed by atoms with Crippen molar-refractivity contribution in [2.45, 2.75) is 50.2 Å². The standard InChI is InChI=1S/C23H27Cl2N4O8P/c1-14(2)35-19(31)15(3)12-38(33,37-16-7-5-4-6-8-16)34-11-17-18(30)23(25,9-10-24)20(36-17)29-13-27-21(26)28-22(29)32/h4-8,13-15,17-18,20,30H,11-12H2,1-3H3,(H2,26,28,32)/t15-,17-,18+,20-,23?,38+/m1/s1/i11D2. The number of benzene rings is 1. The van der Waals surface area contributed by atoms with Crippen LogP contribution in [0.1, 0.15) is 29.7 Å². The second-order valence-corrected chi connectivity index (χ2v) is 11.3. The molecule has 0 aliphatic carbocycles. The van der Waals surface area contributed by atoms with E-state index in [2.05, 4.69) is 15.9 Å². The van der Waals surface area contributed by atoms with Crippen LogP contribution in [0, 0.1) is 17.2 Å². The van der Waals surface area contributed by atoms with Gasteiger partial charge in [0.05, 0.1) is 27.5 Å². The van der Waals surface area contributed by atoms with E-state index in [1.165, 1.54) is 19.1 Å². The number of hydrogen-bond donors (Lipinski definition) is 2. The van der Waals surface area contributed by atoms with Gasteiger partial charge in [0.1, 0.15) is 24.3 Å². The molecule has 0 spiro atoms. The van der Waals surface area contributed by atoms with E-state index in [1.807, 2.05) is 5.38 Å². The van der Waals surface area contributed by atoms with Crippen molar-refractivity contribution in [1.29, 1.82) is 0 Å². The molecular formula is C23H27Cl2N4O8P. The maximum absolute atomic E-state index is 14.0. The summed E-state index contributed by atoms with van der Waals surface area (Å²) in [6.07, 6.45) is -5.86. The van der Waals surface area contributed by atoms with Crippen molar-refractivity contribution in [1.82, 2.24) is 14.5 Å². The summed E-state index contributed by atoms with van der Waals surface area (Å²) in [5, 5.41) is 13.1. The molecule has 1 fully saturated rings. The van der Waals surface area contributed by atoms with Crippen LogP contribution in [-0.2, 0) is 23.4 Å². The number of hydrogen-bond acceptors (Lipinski definition) is 11. The number of aliphatic hydroxyl groups is 1. The minimum Gasteiger partial charge on any atom is -0.463 e. The zero-order valence-corrected chi connectivity index (χ0v) is 22.9. The molecule has 1 aromatic carbocycles. The second-order valence-electron chi connectivity index (χ2n) is 8.54. The Kier molecular flexibility index (Phi) is 8.84. The third-order valence-corrected chi connectivity index (χ3v) is 7.60. The topological polar surface area (TPSA) is 165 Å². The third-order valence-electron chi connectivity index (χ3n) is 5.14. The molecule has 1 aromatic heterocycles. The summed E-state index contributed by atoms with van der Waals surface area (Å²) in [5.74, 6) is 0.244. The predicted octanol–water partition coefficient (Wildman–Crippen LogP) is 2.53. The normalized spacial score (nSPS) is 26.3. The van der Waals surface area contributed by atoms with E-state index in [9.17, 15) is 19.3 Å². The first kappa shape index (κ1) is 26.9. The minimum absolute atomic E-state index is 0.0575. The van der Waals surface area contributed by atoms with Crippen LogP contribution in [0.5, 0.6) is 5.75 Å². The van der Waals surface area contributed by atoms with Gasteiger partial charge in [0, 0.05) is 5.38 Å². The third kappa shape index (κ3) is 7.05. The number of ether oxygens (including phenoxy) is 2. The maximum atomic E-state index is 14.0. The molecule has 206 valence electrons. The van der Waals surface area contributed by atoms with Gasteiger partial charge in [-0.1, -0.05) is 42.6 Å². The van der Waals surface area contributed by atoms with Crippen molar-refractivity contribution in [3.8, 4) is 17.0 Å². The molecule has 6 atom stereocenters. The smallest absolute Gasteiger partial charge is 0.380 e. The number of aliphatic hydroxyl groups excluding tert-OH is 1. The lowest BCUT2D eigenvalue weighted by Gasteiger charge is -2.25. The highest BCUT2D eigenvalue weighted by Gasteiger charge is 2.57. The molecule has 0 amide bonds. The Morgan fingerprint density at radius 2 is 2.08 bits per heavy atom. The van der Waals surface area contributed by atoms with E-state index >= 15 is 0 Å². The van der Waals surface area contributed by atoms with Gasteiger partial charge in [0.25, 0.3) is 0 Å². The molecule has 2 heterocycles. The van der Waals surface area contributed by atoms with Crippen molar-refractivity contribution in [3.63, 3.8) is 0 Å². The maximum Gasteiger partial charge on any atom is 0.380 e. The molecule has 38 heavy (non-hydrogen) atoms. The first-order valence-electron chi connectivity index (χ1n) is 12.2. The Morgan fingerprint density at radius 3 is 2.68 bits per heavy atom. The highest BCUT2D eigenvalue weighted by Crippen LogP contribution is 2.51. The first-order valence-corrected chi connectivity index (χ1v) is 13.7. The van der Waals surface area contributed by atoms with Gasteiger partial charge in [-0.15, -0.1) is 0 Å². The summed E-state index contributed by atoms with van der Waals surface area (Å²) in [5.41, 5.74) is 4.43. The Morgan fingerprint density at radius 1 is 1.39 bits per heavy atom. The van der Waals surface area contributed by atoms with E-state index in [0.29, 0.717) is 0 Å². The number of carbonyl (C=O) groups excluding carboxylic acids is 1. The number of nitrogens with zero attached hydrogens (tertiary/aromatic N) is 3. The number of rotatable bonds is 10. The molecule has 2 aromatic rings. The van der Waals surface area contributed by atoms with Crippen molar-refractivity contribution in [3.05, 3.63) is 47.1 Å². The molecule has 1 unspecified atom stereocenters. The van der Waals surface area contributed by atoms with Crippen LogP contribution in [0.2, 0.25) is 0 Å². The van der Waals surface area contributed by atoms with Gasteiger partial charge in [-0.2, -0.15) is 4.98 Å². The van der Waals surface area contributed by atoms with E-state index < -0.39 is 67.3 Å². The number of halogens is 2. The van der Waals surface area contributed by atoms with Crippen molar-refractivity contribution < 1.29 is 35.7 Å². The van der Waals surface area contributed by atoms with Gasteiger partial charge < -0.3 is 24.8 Å². The lowest BCUT2D eigenvalue weighted by molar-refractivity contribution is -0.151. The number of nitrogen functional groups attached to an aromatic ring is 1. The van der Waals surface area contributed by atoms with Gasteiger partial charge in [-0.3, -0.25) is 13.9 Å². The molecular weight excluding hydrogens is 562 g/mol. The van der Waals surface area contributed by atoms with Crippen molar-refractivity contribution in [2.24, 2.45) is 5.92 Å². The number of para-hydroxylation sites is 1. The summed E-state index contributed by atoms with van der Waals surface area (Å²) in [6.45, 7) is 1.57. The summed E-state index contributed by atoms with van der Waals surface area (Å²) >= 11 is 12.1. The first-order chi connectivity index (χ1) is 18.6. The molecule has 12 nitrogen and oxygen atoms in total. The number of anilines is 1. The van der Waals surface area contributed by atoms with Crippen LogP contribution in [0.4, 0.5) is 5.95 Å². The van der Waals surface area contributed by atoms with Gasteiger partial charge >= 0.3 is 19.3 Å². The van der Waals surface area contributed by atoms with Crippen molar-refractivity contribution in [2.75, 3.05) is 18.5 Å². The zero-order valence-electron chi connectivity index (χ0n) is 22.5. The summed E-state index contributed by atoms with van der Waals surface area (Å²) in [4.78, 5) is 29.9. The number of esters is 1. The molecule has 3 rings (SSSR count). The number of nitrogens with two attached hydrogens (primary N) is 1. The van der Waals surface area contributed by atoms with Gasteiger partial charge in [0.2, 0.25) is 5.95 Å². The highest BCUT2D eigenvalue weighted by atomic mass is 35.5. The minimum atomic E-state index is -4.54. The Hall–Kier alpha value is -2.65. The van der Waals surface area contributed by atoms with Crippen LogP contribution in [0.25, 0.3) is 0 Å². The molecule has 1 aliphatic rings. The van der Waals surface area contributed by atoms with Crippen molar-refractivity contribution >= 4 is 42.7 Å². The van der Waals surface area contributed by atoms with Crippen LogP contribution in [0.3, 0.4) is 0 Å². The molecule has 3 N–H and O–H groups in total. The summed E-state index contributed by atoms with van der Waals surface area (Å²) in [7, 11) is -4.54. The predicted molar refractivity (Wildman–Crippen MR) is 139 cm³/mol. The molecule has 0 bridgehead atoms. The van der Waals surface area contributed by atoms with E-state index in [4.69, 9.17) is 50.2 Å². The number of carbonyl (C=O) groups is 1. The lowest BCUT2D eigenvalue weighted by atomic mass is 9.99. The zero-order chi connectivity index (χ0) is 29.9. The average molecular weight is 591 g/mol. The van der Waals surface area contributed by atoms with Crippen LogP contribution >= 0.6 is 30.8 Å². The monoisotopic (exact) mass is 590 g/mol. The Labute approximate surface area is 231 Å². The van der Waals surface area contributed by atoms with Crippen LogP contribution in [0.15, 0.2) is 41.5 Å². The second kappa shape index (κ2) is 12.5. The Bertz CT molecular complexity index is 1390. The molecule has 1 saturated heterocycles. The van der Waals surface area contributed by atoms with Crippen LogP contribution in [-0.4, -0.2) is 61.5 Å². The molecule has 1 aliphatic heterocycles. The fraction of sp³-hybridized carbons (Fsp3) is 0.478. The Balaban J connectivity index is 1.99. The van der Waals surface area contributed by atoms with Gasteiger partial charge in [0.15, 0.2) is 11.1 Å². The molecule has 0 saturated carbocycles. The number of alkyl halides is 1. The SMILES string of the molecule is [2H]C([2H])(O[P@@](=O)(C[C@@H](C)C(=O)OC(C)C)Oc1ccccc1)[C@H]1O[C@@H](n2cnc(N)nc2=O)C(Cl)(C#CCl)[C@H]1O. The van der Waals surface area contributed by atoms with Gasteiger partial charge in [-0.25, -0.2) is 14.3 Å². The van der Waals surface area contributed by atoms with E-state index in [1.54, 1.807) is 32.0 Å². The molecule has 0 radical (unpaired) electrons. The highest BCUT2D eigenvalue weighted by molar-refractivity contribution is 7.54. The quantitative estimate of drug-likeness (QED) is 0.181. The lowest BCUT2D eigenvalue weighted by Crippen LogP contribution is -2.43. The number of aromatic nitrogens is 3. The van der Waals surface area contributed by atoms with Crippen LogP contribution < -0.4 is 15.9 Å². The van der Waals surface area contributed by atoms with E-state index in [0.717, 1.165) is 10.9 Å². The average Bonchev–Trinajstić information content (AvgIpc) is 3.10. The fourth-order valence-corrected chi connectivity index (χ4v) is 5.63. The largest absolute Gasteiger partial charge is 0.463 e.